The Bertz CT molecular complexity index is 700. The van der Waals surface area contributed by atoms with Gasteiger partial charge in [0.25, 0.3) is 0 Å². The third kappa shape index (κ3) is 4.79. The number of amides is 3. The zero-order chi connectivity index (χ0) is 17.5. The fourth-order valence-electron chi connectivity index (χ4n) is 2.03. The number of unbranched alkanes of at least 4 members (excludes halogenated alkanes) is 1. The van der Waals surface area contributed by atoms with Crippen molar-refractivity contribution in [2.75, 3.05) is 0 Å². The predicted molar refractivity (Wildman–Crippen MR) is 90.8 cm³/mol. The van der Waals surface area contributed by atoms with E-state index in [0.29, 0.717) is 5.16 Å². The number of imide groups is 1. The smallest absolute Gasteiger partial charge is 0.318 e. The number of nitrogens with one attached hydrogen (secondary N) is 1. The first-order chi connectivity index (χ1) is 11.5. The van der Waals surface area contributed by atoms with Gasteiger partial charge in [0, 0.05) is 0 Å². The number of nitrogens with zero attached hydrogens (tertiary/aromatic N) is 4. The number of carbonyl (C=O) groups excluding carboxylic acids is 2. The minimum atomic E-state index is -0.880. The Kier molecular flexibility index (Phi) is 6.30. The maximum atomic E-state index is 11.8. The van der Waals surface area contributed by atoms with Crippen molar-refractivity contribution in [1.29, 1.82) is 0 Å². The number of hydrogen-bond donors (Lipinski definition) is 2. The van der Waals surface area contributed by atoms with Gasteiger partial charge < -0.3 is 5.73 Å². The van der Waals surface area contributed by atoms with Crippen molar-refractivity contribution in [3.8, 4) is 5.69 Å². The van der Waals surface area contributed by atoms with Crippen LogP contribution in [0.2, 0.25) is 0 Å². The van der Waals surface area contributed by atoms with Crippen LogP contribution >= 0.6 is 11.8 Å². The number of urea groups is 1. The molecule has 0 unspecified atom stereocenters. The van der Waals surface area contributed by atoms with Gasteiger partial charge in [0.15, 0.2) is 0 Å². The molecule has 2 aromatic rings. The molecule has 9 heteroatoms. The second-order valence-corrected chi connectivity index (χ2v) is 6.56. The molecule has 8 nitrogen and oxygen atoms in total. The van der Waals surface area contributed by atoms with Crippen LogP contribution in [-0.4, -0.2) is 37.4 Å². The van der Waals surface area contributed by atoms with Crippen LogP contribution in [0.1, 0.15) is 32.3 Å². The molecule has 0 bridgehead atoms. The number of tetrazole rings is 1. The predicted octanol–water partition coefficient (Wildman–Crippen LogP) is 1.68. The molecule has 0 radical (unpaired) electrons. The standard InChI is InChI=1S/C15H20N6O2S/c1-3-4-5-11-6-8-12(9-7-11)21-15(18-19-20-21)24-10(2)13(22)17-14(16)23/h6-10H,3-5H2,1-2H3,(H3,16,17,22,23)/t10-/m0/s1. The maximum absolute atomic E-state index is 11.8. The molecule has 128 valence electrons. The summed E-state index contributed by atoms with van der Waals surface area (Å²) in [6.45, 7) is 3.81. The molecule has 0 aliphatic rings. The van der Waals surface area contributed by atoms with Gasteiger partial charge >= 0.3 is 6.03 Å². The number of rotatable bonds is 7. The number of nitrogens with two attached hydrogens (primary N) is 1. The van der Waals surface area contributed by atoms with Crippen molar-refractivity contribution >= 4 is 23.7 Å². The fourth-order valence-corrected chi connectivity index (χ4v) is 2.84. The van der Waals surface area contributed by atoms with Crippen molar-refractivity contribution in [3.05, 3.63) is 29.8 Å². The van der Waals surface area contributed by atoms with E-state index in [1.165, 1.54) is 5.56 Å². The molecule has 1 aromatic carbocycles. The van der Waals surface area contributed by atoms with Crippen molar-refractivity contribution in [2.24, 2.45) is 5.73 Å². The van der Waals surface area contributed by atoms with Gasteiger partial charge in [0.1, 0.15) is 0 Å². The van der Waals surface area contributed by atoms with E-state index in [1.54, 1.807) is 11.6 Å². The topological polar surface area (TPSA) is 116 Å². The van der Waals surface area contributed by atoms with Gasteiger partial charge in [-0.2, -0.15) is 4.68 Å². The van der Waals surface area contributed by atoms with Crippen LogP contribution in [0.5, 0.6) is 0 Å². The van der Waals surface area contributed by atoms with Gasteiger partial charge in [0.2, 0.25) is 11.1 Å². The number of aryl methyl sites for hydroxylation is 1. The Morgan fingerprint density at radius 1 is 1.33 bits per heavy atom. The van der Waals surface area contributed by atoms with Crippen molar-refractivity contribution in [3.63, 3.8) is 0 Å². The summed E-state index contributed by atoms with van der Waals surface area (Å²) >= 11 is 1.15. The molecule has 3 amide bonds. The van der Waals surface area contributed by atoms with Gasteiger partial charge in [-0.15, -0.1) is 5.10 Å². The normalized spacial score (nSPS) is 11.9. The van der Waals surface area contributed by atoms with Crippen molar-refractivity contribution in [1.82, 2.24) is 25.5 Å². The number of carbonyl (C=O) groups is 2. The lowest BCUT2D eigenvalue weighted by Crippen LogP contribution is -2.39. The van der Waals surface area contributed by atoms with E-state index in [-0.39, 0.29) is 0 Å². The fraction of sp³-hybridized carbons (Fsp3) is 0.400. The molecule has 0 spiro atoms. The molecule has 1 aromatic heterocycles. The number of aromatic nitrogens is 4. The monoisotopic (exact) mass is 348 g/mol. The molecule has 0 fully saturated rings. The zero-order valence-corrected chi connectivity index (χ0v) is 14.4. The summed E-state index contributed by atoms with van der Waals surface area (Å²) in [5, 5.41) is 13.5. The Balaban J connectivity index is 2.09. The molecule has 3 N–H and O–H groups in total. The molecule has 24 heavy (non-hydrogen) atoms. The SMILES string of the molecule is CCCCc1ccc(-n2nnnc2S[C@@H](C)C(=O)NC(N)=O)cc1. The van der Waals surface area contributed by atoms with Crippen LogP contribution in [0.15, 0.2) is 29.4 Å². The van der Waals surface area contributed by atoms with Gasteiger partial charge in [-0.1, -0.05) is 37.2 Å². The second-order valence-electron chi connectivity index (χ2n) is 5.26. The maximum Gasteiger partial charge on any atom is 0.318 e. The zero-order valence-electron chi connectivity index (χ0n) is 13.6. The molecule has 1 heterocycles. The molecule has 0 saturated carbocycles. The van der Waals surface area contributed by atoms with Gasteiger partial charge in [-0.3, -0.25) is 10.1 Å². The lowest BCUT2D eigenvalue weighted by molar-refractivity contribution is -0.119. The minimum Gasteiger partial charge on any atom is -0.351 e. The van der Waals surface area contributed by atoms with E-state index in [1.807, 2.05) is 29.6 Å². The molecule has 1 atom stereocenters. The van der Waals surface area contributed by atoms with Crippen LogP contribution in [0.25, 0.3) is 5.69 Å². The molecule has 2 rings (SSSR count). The van der Waals surface area contributed by atoms with E-state index in [2.05, 4.69) is 22.4 Å². The van der Waals surface area contributed by atoms with Gasteiger partial charge in [-0.25, -0.2) is 4.79 Å². The first-order valence-corrected chi connectivity index (χ1v) is 8.54. The number of primary amides is 1. The highest BCUT2D eigenvalue weighted by Gasteiger charge is 2.20. The first-order valence-electron chi connectivity index (χ1n) is 7.66. The summed E-state index contributed by atoms with van der Waals surface area (Å²) in [4.78, 5) is 22.5. The largest absolute Gasteiger partial charge is 0.351 e. The van der Waals surface area contributed by atoms with E-state index in [0.717, 1.165) is 36.7 Å². The molecule has 0 aliphatic carbocycles. The summed E-state index contributed by atoms with van der Waals surface area (Å²) in [7, 11) is 0. The van der Waals surface area contributed by atoms with Crippen LogP contribution in [-0.2, 0) is 11.2 Å². The Labute approximate surface area is 144 Å². The van der Waals surface area contributed by atoms with Crippen molar-refractivity contribution < 1.29 is 9.59 Å². The van der Waals surface area contributed by atoms with Gasteiger partial charge in [-0.05, 0) is 47.9 Å². The highest BCUT2D eigenvalue weighted by atomic mass is 32.2. The number of benzene rings is 1. The Hall–Kier alpha value is -2.42. The van der Waals surface area contributed by atoms with Crippen LogP contribution in [0, 0.1) is 0 Å². The van der Waals surface area contributed by atoms with E-state index in [4.69, 9.17) is 5.73 Å². The highest BCUT2D eigenvalue weighted by Crippen LogP contribution is 2.23. The summed E-state index contributed by atoms with van der Waals surface area (Å²) in [6, 6.07) is 7.10. The molecule has 0 saturated heterocycles. The third-order valence-electron chi connectivity index (χ3n) is 3.34. The summed E-state index contributed by atoms with van der Waals surface area (Å²) in [5.74, 6) is -0.489. The summed E-state index contributed by atoms with van der Waals surface area (Å²) in [5.41, 5.74) is 7.02. The summed E-state index contributed by atoms with van der Waals surface area (Å²) in [6.07, 6.45) is 3.34. The van der Waals surface area contributed by atoms with E-state index >= 15 is 0 Å². The lowest BCUT2D eigenvalue weighted by atomic mass is 10.1. The quantitative estimate of drug-likeness (QED) is 0.736. The average Bonchev–Trinajstić information content (AvgIpc) is 3.00. The average molecular weight is 348 g/mol. The van der Waals surface area contributed by atoms with E-state index in [9.17, 15) is 9.59 Å². The third-order valence-corrected chi connectivity index (χ3v) is 4.37. The van der Waals surface area contributed by atoms with E-state index < -0.39 is 17.2 Å². The summed E-state index contributed by atoms with van der Waals surface area (Å²) < 4.78 is 1.56. The van der Waals surface area contributed by atoms with Crippen molar-refractivity contribution in [2.45, 2.75) is 43.5 Å². The lowest BCUT2D eigenvalue weighted by Gasteiger charge is -2.10. The van der Waals surface area contributed by atoms with Crippen LogP contribution in [0.4, 0.5) is 4.79 Å². The number of hydrogen-bond acceptors (Lipinski definition) is 6. The van der Waals surface area contributed by atoms with Crippen LogP contribution < -0.4 is 11.1 Å². The van der Waals surface area contributed by atoms with Gasteiger partial charge in [0.05, 0.1) is 10.9 Å². The highest BCUT2D eigenvalue weighted by molar-refractivity contribution is 8.00. The molecular formula is C15H20N6O2S. The number of thioether (sulfide) groups is 1. The first kappa shape index (κ1) is 17.9. The Morgan fingerprint density at radius 3 is 2.67 bits per heavy atom. The molecule has 0 aliphatic heterocycles. The second kappa shape index (κ2) is 8.44. The molecular weight excluding hydrogens is 328 g/mol. The Morgan fingerprint density at radius 2 is 2.04 bits per heavy atom. The van der Waals surface area contributed by atoms with Crippen LogP contribution in [0.3, 0.4) is 0 Å². The minimum absolute atomic E-state index is 0.462.